The predicted octanol–water partition coefficient (Wildman–Crippen LogP) is 6.97. The van der Waals surface area contributed by atoms with Crippen LogP contribution in [0.15, 0.2) is 125 Å². The van der Waals surface area contributed by atoms with E-state index in [1.807, 2.05) is 18.2 Å². The van der Waals surface area contributed by atoms with Crippen LogP contribution in [0.5, 0.6) is 0 Å². The van der Waals surface area contributed by atoms with E-state index < -0.39 is 0 Å². The van der Waals surface area contributed by atoms with Crippen molar-refractivity contribution in [2.24, 2.45) is 0 Å². The Morgan fingerprint density at radius 3 is 1.07 bits per heavy atom. The van der Waals surface area contributed by atoms with Gasteiger partial charge in [0.25, 0.3) is 0 Å². The minimum Gasteiger partial charge on any atom is -0.103 e. The van der Waals surface area contributed by atoms with Crippen LogP contribution in [-0.4, -0.2) is 0 Å². The van der Waals surface area contributed by atoms with Crippen LogP contribution in [0.2, 0.25) is 0 Å². The minimum absolute atomic E-state index is 0.197. The molecule has 0 bridgehead atoms. The number of rotatable bonds is 9. The first kappa shape index (κ1) is 20.0. The zero-order valence-corrected chi connectivity index (χ0v) is 17.1. The maximum atomic E-state index is 3.97. The largest absolute Gasteiger partial charge is 0.170 e. The van der Waals surface area contributed by atoms with Gasteiger partial charge in [-0.2, -0.15) is 0 Å². The van der Waals surface area contributed by atoms with Crippen molar-refractivity contribution in [3.63, 3.8) is 0 Å². The molecule has 0 aromatic heterocycles. The summed E-state index contributed by atoms with van der Waals surface area (Å²) in [6, 6.07) is 26.3. The number of allylic oxidation sites excluding steroid dienone is 3. The lowest BCUT2D eigenvalue weighted by Crippen LogP contribution is -2.12. The van der Waals surface area contributed by atoms with Crippen molar-refractivity contribution < 1.29 is 0 Å². The molecule has 140 valence electrons. The van der Waals surface area contributed by atoms with Gasteiger partial charge < -0.3 is 0 Å². The first-order valence-corrected chi connectivity index (χ1v) is 10.8. The molecule has 0 heterocycles. The fourth-order valence-electron chi connectivity index (χ4n) is 3.44. The molecule has 0 unspecified atom stereocenters. The monoisotopic (exact) mass is 383 g/mol. The summed E-state index contributed by atoms with van der Waals surface area (Å²) in [5.41, 5.74) is 4.01. The van der Waals surface area contributed by atoms with Crippen LogP contribution in [0.4, 0.5) is 0 Å². The van der Waals surface area contributed by atoms with E-state index >= 15 is 0 Å². The Balaban J connectivity index is 2.29. The van der Waals surface area contributed by atoms with E-state index in [1.165, 1.54) is 31.4 Å². The quantitative estimate of drug-likeness (QED) is 0.276. The second kappa shape index (κ2) is 9.96. The summed E-state index contributed by atoms with van der Waals surface area (Å²) in [5.74, 6) is 0. The van der Waals surface area contributed by atoms with E-state index in [-0.39, 0.29) is 10.9 Å². The Labute approximate surface area is 172 Å². The molecule has 3 rings (SSSR count). The highest BCUT2D eigenvalue weighted by atomic mass is 32.2. The van der Waals surface area contributed by atoms with Crippen LogP contribution < -0.4 is 0 Å². The fourth-order valence-corrected chi connectivity index (χ4v) is 6.03. The van der Waals surface area contributed by atoms with Crippen molar-refractivity contribution in [1.82, 2.24) is 0 Å². The fraction of sp³-hybridized carbons (Fsp3) is 0.111. The van der Waals surface area contributed by atoms with Gasteiger partial charge in [0.2, 0.25) is 0 Å². The molecule has 0 N–H and O–H groups in total. The molecule has 1 heteroatoms. The van der Waals surface area contributed by atoms with Crippen LogP contribution in [0.3, 0.4) is 0 Å². The number of hydrogen-bond acceptors (Lipinski definition) is 0. The Hall–Kier alpha value is -2.77. The van der Waals surface area contributed by atoms with Gasteiger partial charge in [0.15, 0.2) is 14.7 Å². The Morgan fingerprint density at radius 2 is 0.786 bits per heavy atom. The van der Waals surface area contributed by atoms with Gasteiger partial charge in [-0.1, -0.05) is 72.8 Å². The van der Waals surface area contributed by atoms with Crippen molar-refractivity contribution >= 4 is 10.9 Å². The highest BCUT2D eigenvalue weighted by Gasteiger charge is 2.34. The van der Waals surface area contributed by atoms with Crippen LogP contribution in [0.1, 0.15) is 16.7 Å². The topological polar surface area (TPSA) is 0 Å². The van der Waals surface area contributed by atoms with E-state index in [2.05, 4.69) is 92.5 Å². The zero-order chi connectivity index (χ0) is 19.8. The molecular formula is C27H27S+. The molecule has 28 heavy (non-hydrogen) atoms. The van der Waals surface area contributed by atoms with Crippen LogP contribution >= 0.6 is 0 Å². The summed E-state index contributed by atoms with van der Waals surface area (Å²) in [5, 5.41) is 0. The van der Waals surface area contributed by atoms with E-state index in [9.17, 15) is 0 Å². The molecule has 3 aromatic rings. The molecular weight excluding hydrogens is 356 g/mol. The zero-order valence-electron chi connectivity index (χ0n) is 16.3. The third-order valence-electron chi connectivity index (χ3n) is 4.67. The Bertz CT molecular complexity index is 840. The van der Waals surface area contributed by atoms with Gasteiger partial charge in [-0.05, 0) is 37.5 Å². The summed E-state index contributed by atoms with van der Waals surface area (Å²) in [6.45, 7) is 11.9. The standard InChI is InChI=1S/C27H27S/c1-4-13-22-16-7-10-19-25(22)28(26-20-11-8-17-23(26)14-5-2)27-21-12-9-18-24(27)15-6-3/h4-12,16-21H,1-3,13-15H2/q+1. The molecule has 0 spiro atoms. The molecule has 0 saturated carbocycles. The second-order valence-electron chi connectivity index (χ2n) is 6.61. The maximum Gasteiger partial charge on any atom is 0.170 e. The second-order valence-corrected chi connectivity index (χ2v) is 8.54. The van der Waals surface area contributed by atoms with Crippen LogP contribution in [0.25, 0.3) is 0 Å². The van der Waals surface area contributed by atoms with E-state index in [1.54, 1.807) is 0 Å². The average Bonchev–Trinajstić information content (AvgIpc) is 2.72. The van der Waals surface area contributed by atoms with Crippen molar-refractivity contribution in [2.45, 2.75) is 33.9 Å². The van der Waals surface area contributed by atoms with E-state index in [0.717, 1.165) is 19.3 Å². The van der Waals surface area contributed by atoms with Gasteiger partial charge >= 0.3 is 0 Å². The third-order valence-corrected chi connectivity index (χ3v) is 7.18. The smallest absolute Gasteiger partial charge is 0.103 e. The molecule has 0 amide bonds. The predicted molar refractivity (Wildman–Crippen MR) is 123 cm³/mol. The Kier molecular flexibility index (Phi) is 7.11. The molecule has 0 radical (unpaired) electrons. The summed E-state index contributed by atoms with van der Waals surface area (Å²) < 4.78 is 0. The summed E-state index contributed by atoms with van der Waals surface area (Å²) in [6.07, 6.45) is 8.58. The van der Waals surface area contributed by atoms with Crippen molar-refractivity contribution in [3.05, 3.63) is 127 Å². The normalized spacial score (nSPS) is 10.6. The molecule has 0 nitrogen and oxygen atoms in total. The molecule has 0 fully saturated rings. The van der Waals surface area contributed by atoms with Crippen molar-refractivity contribution in [3.8, 4) is 0 Å². The lowest BCUT2D eigenvalue weighted by Gasteiger charge is -2.16. The minimum atomic E-state index is -0.197. The summed E-state index contributed by atoms with van der Waals surface area (Å²) >= 11 is 0. The van der Waals surface area contributed by atoms with Gasteiger partial charge in [-0.3, -0.25) is 0 Å². The summed E-state index contributed by atoms with van der Waals surface area (Å²) in [7, 11) is -0.197. The average molecular weight is 384 g/mol. The van der Waals surface area contributed by atoms with Crippen LogP contribution in [-0.2, 0) is 30.2 Å². The van der Waals surface area contributed by atoms with Crippen molar-refractivity contribution in [1.29, 1.82) is 0 Å². The highest BCUT2D eigenvalue weighted by molar-refractivity contribution is 7.97. The maximum absolute atomic E-state index is 3.97. The highest BCUT2D eigenvalue weighted by Crippen LogP contribution is 2.37. The third kappa shape index (κ3) is 4.37. The molecule has 0 saturated heterocycles. The molecule has 3 aromatic carbocycles. The molecule has 0 atom stereocenters. The van der Waals surface area contributed by atoms with Gasteiger partial charge in [-0.25, -0.2) is 0 Å². The van der Waals surface area contributed by atoms with Gasteiger partial charge in [0, 0.05) is 16.7 Å². The molecule has 0 aliphatic heterocycles. The summed E-state index contributed by atoms with van der Waals surface area (Å²) in [4.78, 5) is 4.11. The van der Waals surface area contributed by atoms with Crippen molar-refractivity contribution in [2.75, 3.05) is 0 Å². The molecule has 0 aliphatic carbocycles. The lowest BCUT2D eigenvalue weighted by atomic mass is 10.1. The van der Waals surface area contributed by atoms with Gasteiger partial charge in [0.05, 0.1) is 0 Å². The first-order chi connectivity index (χ1) is 13.8. The van der Waals surface area contributed by atoms with E-state index in [4.69, 9.17) is 0 Å². The number of hydrogen-bond donors (Lipinski definition) is 0. The van der Waals surface area contributed by atoms with E-state index in [0.29, 0.717) is 0 Å². The SMILES string of the molecule is C=CCc1ccccc1[S+](c1ccccc1CC=C)c1ccccc1CC=C. The molecule has 0 aliphatic rings. The van der Waals surface area contributed by atoms with Gasteiger partial charge in [0.1, 0.15) is 10.9 Å². The van der Waals surface area contributed by atoms with Crippen LogP contribution in [0, 0.1) is 0 Å². The lowest BCUT2D eigenvalue weighted by molar-refractivity contribution is 1.11. The first-order valence-electron chi connectivity index (χ1n) is 9.60. The Morgan fingerprint density at radius 1 is 0.500 bits per heavy atom. The number of benzene rings is 3. The van der Waals surface area contributed by atoms with Gasteiger partial charge in [-0.15, -0.1) is 19.7 Å².